The Morgan fingerprint density at radius 1 is 1.00 bits per heavy atom. The zero-order chi connectivity index (χ0) is 24.2. The van der Waals surface area contributed by atoms with E-state index in [1.807, 2.05) is 0 Å². The van der Waals surface area contributed by atoms with Gasteiger partial charge in [0.1, 0.15) is 0 Å². The lowest BCUT2D eigenvalue weighted by Crippen LogP contribution is -2.40. The molecule has 0 aromatic heterocycles. The maximum Gasteiger partial charge on any atom is 0.338 e. The van der Waals surface area contributed by atoms with Gasteiger partial charge in [-0.2, -0.15) is 4.31 Å². The van der Waals surface area contributed by atoms with Crippen molar-refractivity contribution in [3.8, 4) is 0 Å². The molecule has 1 saturated heterocycles. The molecule has 178 valence electrons. The van der Waals surface area contributed by atoms with Gasteiger partial charge in [0.25, 0.3) is 0 Å². The minimum Gasteiger partial charge on any atom is -0.451 e. The SMILES string of the molecule is CC(OC(=O)c1cccc(S(=O)(=O)N2CCOCC2)c1)C(=O)c1ccc(NS(C)(=O)=O)cc1. The maximum atomic E-state index is 12.8. The second-order valence-corrected chi connectivity index (χ2v) is 11.1. The number of hydrogen-bond acceptors (Lipinski definition) is 8. The highest BCUT2D eigenvalue weighted by Crippen LogP contribution is 2.20. The number of rotatable bonds is 8. The number of anilines is 1. The van der Waals surface area contributed by atoms with Crippen LogP contribution in [-0.4, -0.2) is 71.6 Å². The molecule has 0 bridgehead atoms. The fourth-order valence-electron chi connectivity index (χ4n) is 3.15. The van der Waals surface area contributed by atoms with Gasteiger partial charge in [-0.15, -0.1) is 0 Å². The van der Waals surface area contributed by atoms with Crippen molar-refractivity contribution < 1.29 is 35.9 Å². The highest BCUT2D eigenvalue weighted by atomic mass is 32.2. The molecule has 1 aliphatic heterocycles. The number of Topliss-reactive ketones (excluding diaryl/α,β-unsaturated/α-hetero) is 1. The smallest absolute Gasteiger partial charge is 0.338 e. The summed E-state index contributed by atoms with van der Waals surface area (Å²) in [6, 6.07) is 11.1. The lowest BCUT2D eigenvalue weighted by atomic mass is 10.1. The van der Waals surface area contributed by atoms with Crippen molar-refractivity contribution in [1.82, 2.24) is 4.31 Å². The van der Waals surface area contributed by atoms with Gasteiger partial charge in [0, 0.05) is 24.3 Å². The number of sulfonamides is 2. The molecule has 0 saturated carbocycles. The lowest BCUT2D eigenvalue weighted by Gasteiger charge is -2.26. The van der Waals surface area contributed by atoms with Crippen LogP contribution in [0.15, 0.2) is 53.4 Å². The third kappa shape index (κ3) is 6.38. The van der Waals surface area contributed by atoms with E-state index in [4.69, 9.17) is 9.47 Å². The molecule has 1 unspecified atom stereocenters. The van der Waals surface area contributed by atoms with Crippen molar-refractivity contribution >= 4 is 37.5 Å². The molecule has 1 N–H and O–H groups in total. The van der Waals surface area contributed by atoms with Crippen molar-refractivity contribution in [2.24, 2.45) is 0 Å². The third-order valence-electron chi connectivity index (χ3n) is 4.80. The Balaban J connectivity index is 1.69. The van der Waals surface area contributed by atoms with Gasteiger partial charge in [-0.3, -0.25) is 9.52 Å². The normalized spacial score (nSPS) is 16.1. The molecular formula is C21H24N2O8S2. The zero-order valence-corrected chi connectivity index (χ0v) is 19.7. The number of hydrogen-bond donors (Lipinski definition) is 1. The fourth-order valence-corrected chi connectivity index (χ4v) is 5.17. The second kappa shape index (κ2) is 10.00. The number of nitrogens with zero attached hydrogens (tertiary/aromatic N) is 1. The van der Waals surface area contributed by atoms with E-state index in [-0.39, 0.29) is 34.8 Å². The maximum absolute atomic E-state index is 12.8. The number of ether oxygens (including phenoxy) is 2. The molecule has 12 heteroatoms. The molecule has 0 spiro atoms. The molecule has 0 radical (unpaired) electrons. The number of ketones is 1. The van der Waals surface area contributed by atoms with E-state index in [2.05, 4.69) is 4.72 Å². The Bertz CT molecular complexity index is 1240. The van der Waals surface area contributed by atoms with Crippen LogP contribution in [0.2, 0.25) is 0 Å². The first kappa shape index (κ1) is 24.8. The van der Waals surface area contributed by atoms with E-state index in [1.54, 1.807) is 0 Å². The van der Waals surface area contributed by atoms with Gasteiger partial charge in [-0.25, -0.2) is 21.6 Å². The number of carbonyl (C=O) groups is 2. The van der Waals surface area contributed by atoms with Crippen LogP contribution in [0, 0.1) is 0 Å². The Kier molecular flexibility index (Phi) is 7.52. The summed E-state index contributed by atoms with van der Waals surface area (Å²) >= 11 is 0. The predicted octanol–water partition coefficient (Wildman–Crippen LogP) is 1.51. The van der Waals surface area contributed by atoms with Crippen LogP contribution in [-0.2, 0) is 29.5 Å². The Morgan fingerprint density at radius 3 is 2.24 bits per heavy atom. The van der Waals surface area contributed by atoms with E-state index in [9.17, 15) is 26.4 Å². The van der Waals surface area contributed by atoms with Crippen LogP contribution in [0.3, 0.4) is 0 Å². The molecule has 33 heavy (non-hydrogen) atoms. The molecule has 3 rings (SSSR count). The average molecular weight is 497 g/mol. The molecule has 0 amide bonds. The summed E-state index contributed by atoms with van der Waals surface area (Å²) in [4.78, 5) is 25.1. The summed E-state index contributed by atoms with van der Waals surface area (Å²) in [6.45, 7) is 2.44. The number of nitrogens with one attached hydrogen (secondary N) is 1. The third-order valence-corrected chi connectivity index (χ3v) is 7.30. The molecule has 1 atom stereocenters. The molecule has 1 heterocycles. The highest BCUT2D eigenvalue weighted by molar-refractivity contribution is 7.92. The minimum absolute atomic E-state index is 0.00307. The number of carbonyl (C=O) groups excluding carboxylic acids is 2. The van der Waals surface area contributed by atoms with Crippen molar-refractivity contribution in [3.63, 3.8) is 0 Å². The lowest BCUT2D eigenvalue weighted by molar-refractivity contribution is 0.0318. The molecule has 0 aliphatic carbocycles. The number of esters is 1. The van der Waals surface area contributed by atoms with Gasteiger partial charge >= 0.3 is 5.97 Å². The molecule has 1 fully saturated rings. The summed E-state index contributed by atoms with van der Waals surface area (Å²) < 4.78 is 62.2. The van der Waals surface area contributed by atoms with Gasteiger partial charge < -0.3 is 9.47 Å². The topological polar surface area (TPSA) is 136 Å². The Hall–Kier alpha value is -2.80. The van der Waals surface area contributed by atoms with Crippen molar-refractivity contribution in [2.45, 2.75) is 17.9 Å². The van der Waals surface area contributed by atoms with Gasteiger partial charge in [0.2, 0.25) is 25.8 Å². The average Bonchev–Trinajstić information content (AvgIpc) is 2.78. The van der Waals surface area contributed by atoms with Crippen LogP contribution in [0.1, 0.15) is 27.6 Å². The zero-order valence-electron chi connectivity index (χ0n) is 18.1. The molecule has 2 aromatic rings. The van der Waals surface area contributed by atoms with Gasteiger partial charge in [0.05, 0.1) is 29.9 Å². The summed E-state index contributed by atoms with van der Waals surface area (Å²) in [7, 11) is -7.24. The first-order valence-corrected chi connectivity index (χ1v) is 13.3. The highest BCUT2D eigenvalue weighted by Gasteiger charge is 2.27. The minimum atomic E-state index is -3.79. The first-order chi connectivity index (χ1) is 15.5. The summed E-state index contributed by atoms with van der Waals surface area (Å²) in [5, 5.41) is 0. The fraction of sp³-hybridized carbons (Fsp3) is 0.333. The van der Waals surface area contributed by atoms with Crippen molar-refractivity contribution in [2.75, 3.05) is 37.3 Å². The Morgan fingerprint density at radius 2 is 1.64 bits per heavy atom. The van der Waals surface area contributed by atoms with E-state index in [1.165, 1.54) is 59.8 Å². The van der Waals surface area contributed by atoms with Gasteiger partial charge in [-0.05, 0) is 49.4 Å². The monoisotopic (exact) mass is 496 g/mol. The predicted molar refractivity (Wildman–Crippen MR) is 120 cm³/mol. The van der Waals surface area contributed by atoms with Crippen molar-refractivity contribution in [1.29, 1.82) is 0 Å². The van der Waals surface area contributed by atoms with Crippen LogP contribution in [0.25, 0.3) is 0 Å². The molecule has 10 nitrogen and oxygen atoms in total. The molecular weight excluding hydrogens is 472 g/mol. The number of benzene rings is 2. The van der Waals surface area contributed by atoms with E-state index in [0.29, 0.717) is 13.2 Å². The number of morpholine rings is 1. The standard InChI is InChI=1S/C21H24N2O8S2/c1-15(20(24)16-6-8-18(9-7-16)22-32(2,26)27)31-21(25)17-4-3-5-19(14-17)33(28,29)23-10-12-30-13-11-23/h3-9,14-15,22H,10-13H2,1-2H3. The van der Waals surface area contributed by atoms with Gasteiger partial charge in [-0.1, -0.05) is 6.07 Å². The first-order valence-electron chi connectivity index (χ1n) is 9.98. The summed E-state index contributed by atoms with van der Waals surface area (Å²) in [5.74, 6) is -1.34. The summed E-state index contributed by atoms with van der Waals surface area (Å²) in [6.07, 6.45) is -0.139. The Labute approximate surface area is 192 Å². The van der Waals surface area contributed by atoms with E-state index < -0.39 is 37.9 Å². The van der Waals surface area contributed by atoms with Crippen LogP contribution >= 0.6 is 0 Å². The molecule has 1 aliphatic rings. The van der Waals surface area contributed by atoms with Crippen LogP contribution in [0.4, 0.5) is 5.69 Å². The summed E-state index contributed by atoms with van der Waals surface area (Å²) in [5.41, 5.74) is 0.506. The second-order valence-electron chi connectivity index (χ2n) is 7.41. The van der Waals surface area contributed by atoms with Crippen LogP contribution < -0.4 is 4.72 Å². The van der Waals surface area contributed by atoms with Crippen LogP contribution in [0.5, 0.6) is 0 Å². The van der Waals surface area contributed by atoms with Gasteiger partial charge in [0.15, 0.2) is 6.10 Å². The van der Waals surface area contributed by atoms with Crippen molar-refractivity contribution in [3.05, 3.63) is 59.7 Å². The molecule has 2 aromatic carbocycles. The van der Waals surface area contributed by atoms with E-state index >= 15 is 0 Å². The largest absolute Gasteiger partial charge is 0.451 e. The van der Waals surface area contributed by atoms with E-state index in [0.717, 1.165) is 6.26 Å². The quantitative estimate of drug-likeness (QED) is 0.429.